The summed E-state index contributed by atoms with van der Waals surface area (Å²) in [5.74, 6) is 0.115. The molecule has 0 spiro atoms. The Hall–Kier alpha value is -1.31. The van der Waals surface area contributed by atoms with E-state index in [0.29, 0.717) is 26.9 Å². The van der Waals surface area contributed by atoms with Crippen molar-refractivity contribution < 1.29 is 9.53 Å². The van der Waals surface area contributed by atoms with Crippen molar-refractivity contribution in [2.24, 2.45) is 5.10 Å². The van der Waals surface area contributed by atoms with Crippen LogP contribution in [0.2, 0.25) is 10.0 Å². The Morgan fingerprint density at radius 3 is 2.55 bits per heavy atom. The van der Waals surface area contributed by atoms with Crippen LogP contribution in [0.3, 0.4) is 0 Å². The predicted molar refractivity (Wildman–Crippen MR) is 97.2 cm³/mol. The Balaban J connectivity index is 2.08. The first-order chi connectivity index (χ1) is 10.5. The maximum Gasteiger partial charge on any atom is 0.271 e. The van der Waals surface area contributed by atoms with E-state index in [1.54, 1.807) is 24.3 Å². The van der Waals surface area contributed by atoms with Gasteiger partial charge in [0, 0.05) is 9.13 Å². The lowest BCUT2D eigenvalue weighted by atomic mass is 10.2. The smallest absolute Gasteiger partial charge is 0.271 e. The van der Waals surface area contributed by atoms with Crippen LogP contribution in [0.1, 0.15) is 15.9 Å². The second kappa shape index (κ2) is 7.80. The molecule has 0 saturated carbocycles. The number of nitrogens with one attached hydrogen (secondary N) is 1. The third-order valence-electron chi connectivity index (χ3n) is 2.69. The highest BCUT2D eigenvalue weighted by atomic mass is 127. The molecule has 0 aliphatic heterocycles. The van der Waals surface area contributed by atoms with Gasteiger partial charge in [-0.15, -0.1) is 0 Å². The molecule has 2 aromatic carbocycles. The Bertz CT molecular complexity index is 712. The summed E-state index contributed by atoms with van der Waals surface area (Å²) in [5, 5.41) is 4.65. The molecule has 114 valence electrons. The van der Waals surface area contributed by atoms with Crippen LogP contribution >= 0.6 is 45.8 Å². The highest BCUT2D eigenvalue weighted by Gasteiger charge is 2.08. The van der Waals surface area contributed by atoms with E-state index in [4.69, 9.17) is 27.9 Å². The summed E-state index contributed by atoms with van der Waals surface area (Å²) >= 11 is 14.2. The molecule has 0 aromatic heterocycles. The number of carbonyl (C=O) groups excluding carboxylic acids is 1. The zero-order valence-corrected chi connectivity index (χ0v) is 15.1. The van der Waals surface area contributed by atoms with Gasteiger partial charge >= 0.3 is 0 Å². The number of ether oxygens (including phenoxy) is 1. The SMILES string of the molecule is COc1c(Cl)cc(/C=N\NC(=O)c2cccc(I)c2)cc1Cl. The second-order valence-electron chi connectivity index (χ2n) is 4.23. The molecule has 2 aromatic rings. The third-order valence-corrected chi connectivity index (χ3v) is 3.92. The lowest BCUT2D eigenvalue weighted by molar-refractivity contribution is 0.0955. The highest BCUT2D eigenvalue weighted by molar-refractivity contribution is 14.1. The maximum absolute atomic E-state index is 11.9. The molecule has 0 bridgehead atoms. The van der Waals surface area contributed by atoms with E-state index in [-0.39, 0.29) is 5.91 Å². The van der Waals surface area contributed by atoms with Gasteiger partial charge in [-0.2, -0.15) is 5.10 Å². The summed E-state index contributed by atoms with van der Waals surface area (Å²) in [7, 11) is 1.49. The summed E-state index contributed by atoms with van der Waals surface area (Å²) in [6, 6.07) is 10.5. The minimum atomic E-state index is -0.291. The van der Waals surface area contributed by atoms with Crippen LogP contribution in [0.4, 0.5) is 0 Å². The molecular formula is C15H11Cl2IN2O2. The largest absolute Gasteiger partial charge is 0.494 e. The van der Waals surface area contributed by atoms with Gasteiger partial charge in [-0.25, -0.2) is 5.43 Å². The van der Waals surface area contributed by atoms with Gasteiger partial charge in [0.2, 0.25) is 0 Å². The standard InChI is InChI=1S/C15H11Cl2IN2O2/c1-22-14-12(16)5-9(6-13(14)17)8-19-20-15(21)10-3-2-4-11(18)7-10/h2-8H,1H3,(H,20,21)/b19-8-. The number of rotatable bonds is 4. The molecule has 4 nitrogen and oxygen atoms in total. The van der Waals surface area contributed by atoms with Crippen LogP contribution in [0.5, 0.6) is 5.75 Å². The van der Waals surface area contributed by atoms with Crippen molar-refractivity contribution >= 4 is 57.9 Å². The van der Waals surface area contributed by atoms with Gasteiger partial charge < -0.3 is 4.74 Å². The van der Waals surface area contributed by atoms with Crippen molar-refractivity contribution in [3.8, 4) is 5.75 Å². The zero-order valence-electron chi connectivity index (χ0n) is 11.4. The lowest BCUT2D eigenvalue weighted by Crippen LogP contribution is -2.17. The fourth-order valence-electron chi connectivity index (χ4n) is 1.71. The van der Waals surface area contributed by atoms with Crippen LogP contribution in [0.25, 0.3) is 0 Å². The van der Waals surface area contributed by atoms with Gasteiger partial charge in [0.1, 0.15) is 0 Å². The summed E-state index contributed by atoms with van der Waals surface area (Å²) in [6.07, 6.45) is 1.46. The summed E-state index contributed by atoms with van der Waals surface area (Å²) in [4.78, 5) is 11.9. The van der Waals surface area contributed by atoms with Crippen LogP contribution in [-0.4, -0.2) is 19.2 Å². The number of hydrogen-bond acceptors (Lipinski definition) is 3. The highest BCUT2D eigenvalue weighted by Crippen LogP contribution is 2.33. The average Bonchev–Trinajstić information content (AvgIpc) is 2.47. The predicted octanol–water partition coefficient (Wildman–Crippen LogP) is 4.37. The molecule has 2 rings (SSSR count). The average molecular weight is 449 g/mol. The van der Waals surface area contributed by atoms with E-state index in [1.807, 2.05) is 12.1 Å². The first kappa shape index (κ1) is 17.1. The number of hydrogen-bond donors (Lipinski definition) is 1. The van der Waals surface area contributed by atoms with Gasteiger partial charge in [-0.05, 0) is 58.5 Å². The van der Waals surface area contributed by atoms with Gasteiger partial charge in [-0.3, -0.25) is 4.79 Å². The molecule has 0 aliphatic rings. The Kier molecular flexibility index (Phi) is 6.05. The van der Waals surface area contributed by atoms with Crippen molar-refractivity contribution in [2.45, 2.75) is 0 Å². The summed E-state index contributed by atoms with van der Waals surface area (Å²) in [6.45, 7) is 0. The number of hydrazone groups is 1. The molecule has 0 unspecified atom stereocenters. The molecular weight excluding hydrogens is 438 g/mol. The van der Waals surface area contributed by atoms with Gasteiger partial charge in [-0.1, -0.05) is 29.3 Å². The molecule has 0 heterocycles. The fourth-order valence-corrected chi connectivity index (χ4v) is 2.91. The number of nitrogens with zero attached hydrogens (tertiary/aromatic N) is 1. The summed E-state index contributed by atoms with van der Waals surface area (Å²) in [5.41, 5.74) is 3.64. The van der Waals surface area contributed by atoms with E-state index >= 15 is 0 Å². The van der Waals surface area contributed by atoms with Crippen LogP contribution in [0.15, 0.2) is 41.5 Å². The number of halogens is 3. The lowest BCUT2D eigenvalue weighted by Gasteiger charge is -2.06. The minimum absolute atomic E-state index is 0.291. The monoisotopic (exact) mass is 448 g/mol. The molecule has 0 fully saturated rings. The first-order valence-electron chi connectivity index (χ1n) is 6.13. The van der Waals surface area contributed by atoms with Crippen molar-refractivity contribution in [1.82, 2.24) is 5.43 Å². The van der Waals surface area contributed by atoms with Crippen molar-refractivity contribution in [3.63, 3.8) is 0 Å². The van der Waals surface area contributed by atoms with Crippen LogP contribution in [0, 0.1) is 3.57 Å². The zero-order chi connectivity index (χ0) is 16.1. The number of amides is 1. The van der Waals surface area contributed by atoms with Crippen molar-refractivity contribution in [2.75, 3.05) is 7.11 Å². The fraction of sp³-hybridized carbons (Fsp3) is 0.0667. The van der Waals surface area contributed by atoms with E-state index in [9.17, 15) is 4.79 Å². The molecule has 1 amide bonds. The first-order valence-corrected chi connectivity index (χ1v) is 7.96. The number of methoxy groups -OCH3 is 1. The topological polar surface area (TPSA) is 50.7 Å². The van der Waals surface area contributed by atoms with Crippen molar-refractivity contribution in [1.29, 1.82) is 0 Å². The van der Waals surface area contributed by atoms with Gasteiger partial charge in [0.05, 0.1) is 23.4 Å². The Labute approximate surface area is 151 Å². The molecule has 22 heavy (non-hydrogen) atoms. The Morgan fingerprint density at radius 1 is 1.27 bits per heavy atom. The van der Waals surface area contributed by atoms with Gasteiger partial charge in [0.25, 0.3) is 5.91 Å². The molecule has 0 saturated heterocycles. The van der Waals surface area contributed by atoms with E-state index < -0.39 is 0 Å². The molecule has 0 atom stereocenters. The quantitative estimate of drug-likeness (QED) is 0.429. The van der Waals surface area contributed by atoms with Crippen molar-refractivity contribution in [3.05, 3.63) is 61.1 Å². The maximum atomic E-state index is 11.9. The van der Waals surface area contributed by atoms with Crippen LogP contribution in [-0.2, 0) is 0 Å². The minimum Gasteiger partial charge on any atom is -0.494 e. The summed E-state index contributed by atoms with van der Waals surface area (Å²) < 4.78 is 6.04. The molecule has 0 aliphatic carbocycles. The van der Waals surface area contributed by atoms with Crippen LogP contribution < -0.4 is 10.2 Å². The normalized spacial score (nSPS) is 10.7. The molecule has 7 heteroatoms. The second-order valence-corrected chi connectivity index (χ2v) is 6.29. The number of benzene rings is 2. The number of carbonyl (C=O) groups is 1. The molecule has 0 radical (unpaired) electrons. The third kappa shape index (κ3) is 4.34. The van der Waals surface area contributed by atoms with E-state index in [2.05, 4.69) is 33.1 Å². The van der Waals surface area contributed by atoms with E-state index in [0.717, 1.165) is 3.57 Å². The Morgan fingerprint density at radius 2 is 1.95 bits per heavy atom. The van der Waals surface area contributed by atoms with Gasteiger partial charge in [0.15, 0.2) is 5.75 Å². The van der Waals surface area contributed by atoms with E-state index in [1.165, 1.54) is 13.3 Å². The molecule has 1 N–H and O–H groups in total.